The Morgan fingerprint density at radius 2 is 1.50 bits per heavy atom. The Bertz CT molecular complexity index is 978. The molecule has 0 aliphatic carbocycles. The molecule has 0 saturated heterocycles. The normalized spacial score (nSPS) is 10.5. The van der Waals surface area contributed by atoms with Gasteiger partial charge in [-0.2, -0.15) is 0 Å². The molecule has 0 aromatic heterocycles. The van der Waals surface area contributed by atoms with Crippen LogP contribution in [0.5, 0.6) is 11.5 Å². The topological polar surface area (TPSA) is 61.8 Å². The molecule has 0 heterocycles. The SMILES string of the molecule is CC(C)c1ccccc1OCC(=O)Oc1ccc(C(=O)OCc2ccccc2)cc1. The van der Waals surface area contributed by atoms with Crippen molar-refractivity contribution in [1.82, 2.24) is 0 Å². The van der Waals surface area contributed by atoms with E-state index in [1.165, 1.54) is 0 Å². The highest BCUT2D eigenvalue weighted by molar-refractivity contribution is 5.89. The third-order valence-electron chi connectivity index (χ3n) is 4.42. The van der Waals surface area contributed by atoms with E-state index in [0.29, 0.717) is 17.1 Å². The second kappa shape index (κ2) is 10.3. The lowest BCUT2D eigenvalue weighted by molar-refractivity contribution is -0.136. The van der Waals surface area contributed by atoms with Crippen LogP contribution < -0.4 is 9.47 Å². The maximum Gasteiger partial charge on any atom is 0.349 e. The van der Waals surface area contributed by atoms with Gasteiger partial charge in [-0.1, -0.05) is 62.4 Å². The van der Waals surface area contributed by atoms with Gasteiger partial charge in [-0.05, 0) is 47.4 Å². The summed E-state index contributed by atoms with van der Waals surface area (Å²) in [5.74, 6) is 0.325. The quantitative estimate of drug-likeness (QED) is 0.384. The molecule has 154 valence electrons. The molecule has 3 rings (SSSR count). The van der Waals surface area contributed by atoms with Gasteiger partial charge >= 0.3 is 11.9 Å². The Hall–Kier alpha value is -3.60. The van der Waals surface area contributed by atoms with E-state index in [2.05, 4.69) is 13.8 Å². The van der Waals surface area contributed by atoms with Crippen molar-refractivity contribution in [3.05, 3.63) is 95.6 Å². The van der Waals surface area contributed by atoms with Crippen molar-refractivity contribution >= 4 is 11.9 Å². The Morgan fingerprint density at radius 3 is 2.20 bits per heavy atom. The summed E-state index contributed by atoms with van der Waals surface area (Å²) < 4.78 is 16.2. The van der Waals surface area contributed by atoms with Crippen LogP contribution in [0.4, 0.5) is 0 Å². The highest BCUT2D eigenvalue weighted by atomic mass is 16.6. The van der Waals surface area contributed by atoms with E-state index in [9.17, 15) is 9.59 Å². The van der Waals surface area contributed by atoms with Crippen LogP contribution >= 0.6 is 0 Å². The largest absolute Gasteiger partial charge is 0.482 e. The Kier molecular flexibility index (Phi) is 7.22. The van der Waals surface area contributed by atoms with E-state index >= 15 is 0 Å². The van der Waals surface area contributed by atoms with E-state index in [0.717, 1.165) is 11.1 Å². The van der Waals surface area contributed by atoms with Crippen LogP contribution in [0.15, 0.2) is 78.9 Å². The lowest BCUT2D eigenvalue weighted by atomic mass is 10.0. The zero-order valence-corrected chi connectivity index (χ0v) is 17.0. The average molecular weight is 404 g/mol. The molecule has 5 heteroatoms. The standard InChI is InChI=1S/C25H24O5/c1-18(2)22-10-6-7-11-23(22)28-17-24(26)30-21-14-12-20(13-15-21)25(27)29-16-19-8-4-3-5-9-19/h3-15,18H,16-17H2,1-2H3. The van der Waals surface area contributed by atoms with Gasteiger partial charge in [0.1, 0.15) is 18.1 Å². The fourth-order valence-corrected chi connectivity index (χ4v) is 2.85. The summed E-state index contributed by atoms with van der Waals surface area (Å²) >= 11 is 0. The molecule has 0 amide bonds. The van der Waals surface area contributed by atoms with Crippen LogP contribution in [0.1, 0.15) is 41.3 Å². The number of hydrogen-bond acceptors (Lipinski definition) is 5. The summed E-state index contributed by atoms with van der Waals surface area (Å²) in [6.07, 6.45) is 0. The third-order valence-corrected chi connectivity index (χ3v) is 4.42. The number of para-hydroxylation sites is 1. The van der Waals surface area contributed by atoms with Gasteiger partial charge in [-0.3, -0.25) is 0 Å². The first-order valence-corrected chi connectivity index (χ1v) is 9.76. The predicted molar refractivity (Wildman–Crippen MR) is 114 cm³/mol. The number of ether oxygens (including phenoxy) is 3. The molecule has 5 nitrogen and oxygen atoms in total. The molecular weight excluding hydrogens is 380 g/mol. The first-order chi connectivity index (χ1) is 14.5. The van der Waals surface area contributed by atoms with Crippen molar-refractivity contribution in [3.8, 4) is 11.5 Å². The lowest BCUT2D eigenvalue weighted by Crippen LogP contribution is -2.18. The number of carbonyl (C=O) groups excluding carboxylic acids is 2. The first-order valence-electron chi connectivity index (χ1n) is 9.76. The first kappa shape index (κ1) is 21.1. The zero-order valence-electron chi connectivity index (χ0n) is 17.0. The summed E-state index contributed by atoms with van der Waals surface area (Å²) in [6.45, 7) is 4.12. The van der Waals surface area contributed by atoms with E-state index in [1.54, 1.807) is 24.3 Å². The average Bonchev–Trinajstić information content (AvgIpc) is 2.77. The molecule has 0 aliphatic rings. The lowest BCUT2D eigenvalue weighted by Gasteiger charge is -2.13. The van der Waals surface area contributed by atoms with Crippen LogP contribution in [-0.4, -0.2) is 18.5 Å². The third kappa shape index (κ3) is 5.95. The molecule has 3 aromatic rings. The zero-order chi connectivity index (χ0) is 21.3. The number of carbonyl (C=O) groups is 2. The number of hydrogen-bond donors (Lipinski definition) is 0. The molecule has 0 fully saturated rings. The Labute approximate surface area is 176 Å². The molecule has 3 aromatic carbocycles. The van der Waals surface area contributed by atoms with Gasteiger partial charge < -0.3 is 14.2 Å². The van der Waals surface area contributed by atoms with Gasteiger partial charge in [0.05, 0.1) is 5.56 Å². The van der Waals surface area contributed by atoms with Crippen LogP contribution in [0.25, 0.3) is 0 Å². The number of esters is 2. The van der Waals surface area contributed by atoms with Crippen molar-refractivity contribution < 1.29 is 23.8 Å². The molecule has 0 saturated carbocycles. The van der Waals surface area contributed by atoms with Crippen LogP contribution in [0.3, 0.4) is 0 Å². The highest BCUT2D eigenvalue weighted by Gasteiger charge is 2.12. The van der Waals surface area contributed by atoms with Crippen molar-refractivity contribution in [3.63, 3.8) is 0 Å². The van der Waals surface area contributed by atoms with Crippen molar-refractivity contribution in [2.75, 3.05) is 6.61 Å². The predicted octanol–water partition coefficient (Wildman–Crippen LogP) is 5.15. The van der Waals surface area contributed by atoms with Crippen molar-refractivity contribution in [1.29, 1.82) is 0 Å². The Balaban J connectivity index is 1.50. The van der Waals surface area contributed by atoms with Gasteiger partial charge in [0.2, 0.25) is 0 Å². The van der Waals surface area contributed by atoms with E-state index in [-0.39, 0.29) is 19.1 Å². The summed E-state index contributed by atoms with van der Waals surface area (Å²) in [7, 11) is 0. The minimum atomic E-state index is -0.520. The van der Waals surface area contributed by atoms with Gasteiger partial charge in [0, 0.05) is 0 Å². The van der Waals surface area contributed by atoms with E-state index in [1.807, 2.05) is 54.6 Å². The second-order valence-corrected chi connectivity index (χ2v) is 7.04. The summed E-state index contributed by atoms with van der Waals surface area (Å²) in [5, 5.41) is 0. The van der Waals surface area contributed by atoms with Crippen molar-refractivity contribution in [2.45, 2.75) is 26.4 Å². The fourth-order valence-electron chi connectivity index (χ4n) is 2.85. The van der Waals surface area contributed by atoms with Crippen LogP contribution in [0, 0.1) is 0 Å². The van der Waals surface area contributed by atoms with Crippen molar-refractivity contribution in [2.24, 2.45) is 0 Å². The van der Waals surface area contributed by atoms with E-state index < -0.39 is 11.9 Å². The minimum absolute atomic E-state index is 0.200. The van der Waals surface area contributed by atoms with Gasteiger partial charge in [0.25, 0.3) is 0 Å². The smallest absolute Gasteiger partial charge is 0.349 e. The molecular formula is C25H24O5. The maximum absolute atomic E-state index is 12.1. The van der Waals surface area contributed by atoms with Gasteiger partial charge in [-0.15, -0.1) is 0 Å². The van der Waals surface area contributed by atoms with E-state index in [4.69, 9.17) is 14.2 Å². The summed E-state index contributed by atoms with van der Waals surface area (Å²) in [6, 6.07) is 23.3. The molecule has 0 bridgehead atoms. The molecule has 0 spiro atoms. The van der Waals surface area contributed by atoms with Gasteiger partial charge in [-0.25, -0.2) is 9.59 Å². The molecule has 0 N–H and O–H groups in total. The second-order valence-electron chi connectivity index (χ2n) is 7.04. The number of benzene rings is 3. The number of rotatable bonds is 8. The summed E-state index contributed by atoms with van der Waals surface area (Å²) in [4.78, 5) is 24.3. The molecule has 0 unspecified atom stereocenters. The Morgan fingerprint density at radius 1 is 0.833 bits per heavy atom. The minimum Gasteiger partial charge on any atom is -0.482 e. The molecule has 0 radical (unpaired) electrons. The molecule has 0 aliphatic heterocycles. The monoisotopic (exact) mass is 404 g/mol. The maximum atomic E-state index is 12.1. The fraction of sp³-hybridized carbons (Fsp3) is 0.200. The highest BCUT2D eigenvalue weighted by Crippen LogP contribution is 2.25. The molecule has 30 heavy (non-hydrogen) atoms. The van der Waals surface area contributed by atoms with Crippen LogP contribution in [0.2, 0.25) is 0 Å². The summed E-state index contributed by atoms with van der Waals surface area (Å²) in [5.41, 5.74) is 2.33. The van der Waals surface area contributed by atoms with Gasteiger partial charge in [0.15, 0.2) is 6.61 Å². The van der Waals surface area contributed by atoms with Crippen LogP contribution in [-0.2, 0) is 16.1 Å². The molecule has 0 atom stereocenters.